The Morgan fingerprint density at radius 2 is 1.96 bits per heavy atom. The lowest BCUT2D eigenvalue weighted by molar-refractivity contribution is 0.591. The van der Waals surface area contributed by atoms with Crippen LogP contribution in [0, 0.1) is 12.7 Å². The summed E-state index contributed by atoms with van der Waals surface area (Å²) in [7, 11) is -3.52. The van der Waals surface area contributed by atoms with E-state index in [9.17, 15) is 12.8 Å². The molecule has 0 radical (unpaired) electrons. The van der Waals surface area contributed by atoms with Crippen LogP contribution in [0.4, 0.5) is 10.1 Å². The molecule has 3 aromatic rings. The Kier molecular flexibility index (Phi) is 4.28. The molecule has 1 aliphatic rings. The maximum absolute atomic E-state index is 13.0. The number of hydrogen-bond donors (Lipinski definition) is 0. The average Bonchev–Trinajstić information content (AvgIpc) is 3.22. The number of aryl methyl sites for hydroxylation is 1. The third-order valence-corrected chi connectivity index (χ3v) is 6.97. The van der Waals surface area contributed by atoms with Crippen molar-refractivity contribution in [3.05, 3.63) is 69.8 Å². The van der Waals surface area contributed by atoms with Crippen LogP contribution in [0.1, 0.15) is 16.1 Å². The number of anilines is 1. The van der Waals surface area contributed by atoms with Crippen LogP contribution in [0.15, 0.2) is 47.8 Å². The van der Waals surface area contributed by atoms with Crippen LogP contribution in [-0.4, -0.2) is 19.9 Å². The molecule has 0 aliphatic carbocycles. The van der Waals surface area contributed by atoms with Gasteiger partial charge < -0.3 is 0 Å². The topological polar surface area (TPSA) is 50.3 Å². The van der Waals surface area contributed by atoms with Gasteiger partial charge in [-0.25, -0.2) is 17.8 Å². The molecule has 26 heavy (non-hydrogen) atoms. The first kappa shape index (κ1) is 17.2. The second-order valence-corrected chi connectivity index (χ2v) is 9.26. The number of benzene rings is 2. The van der Waals surface area contributed by atoms with Gasteiger partial charge in [-0.15, -0.1) is 11.3 Å². The molecule has 4 nitrogen and oxygen atoms in total. The molecular formula is C19H17FN2O2S2. The molecule has 134 valence electrons. The van der Waals surface area contributed by atoms with Gasteiger partial charge in [0.1, 0.15) is 5.82 Å². The van der Waals surface area contributed by atoms with Crippen LogP contribution in [-0.2, 0) is 22.2 Å². The minimum atomic E-state index is -3.52. The second-order valence-electron chi connectivity index (χ2n) is 6.30. The quantitative estimate of drug-likeness (QED) is 0.675. The summed E-state index contributed by atoms with van der Waals surface area (Å²) in [5.41, 5.74) is 4.24. The molecular weight excluding hydrogens is 371 g/mol. The molecule has 0 atom stereocenters. The molecule has 1 aliphatic heterocycles. The van der Waals surface area contributed by atoms with Crippen molar-refractivity contribution in [3.8, 4) is 11.3 Å². The summed E-state index contributed by atoms with van der Waals surface area (Å²) >= 11 is 1.60. The molecule has 0 saturated carbocycles. The summed E-state index contributed by atoms with van der Waals surface area (Å²) < 4.78 is 40.2. The summed E-state index contributed by atoms with van der Waals surface area (Å²) in [5, 5.41) is 3.01. The first-order chi connectivity index (χ1) is 12.4. The van der Waals surface area contributed by atoms with Crippen molar-refractivity contribution < 1.29 is 12.8 Å². The van der Waals surface area contributed by atoms with Gasteiger partial charge in [0.25, 0.3) is 0 Å². The van der Waals surface area contributed by atoms with E-state index in [4.69, 9.17) is 0 Å². The molecule has 2 heterocycles. The number of sulfonamides is 1. The molecule has 0 saturated heterocycles. The SMILES string of the molecule is Cc1nc(-c2ccc3c(c2)CCN3S(=O)(=O)Cc2ccc(F)cc2)cs1. The fourth-order valence-electron chi connectivity index (χ4n) is 3.18. The third kappa shape index (κ3) is 3.24. The highest BCUT2D eigenvalue weighted by atomic mass is 32.2. The van der Waals surface area contributed by atoms with Crippen molar-refractivity contribution in [2.75, 3.05) is 10.8 Å². The Morgan fingerprint density at radius 3 is 2.65 bits per heavy atom. The third-order valence-electron chi connectivity index (χ3n) is 4.45. The van der Waals surface area contributed by atoms with E-state index < -0.39 is 10.0 Å². The number of aromatic nitrogens is 1. The first-order valence-electron chi connectivity index (χ1n) is 8.23. The summed E-state index contributed by atoms with van der Waals surface area (Å²) in [6, 6.07) is 11.4. The summed E-state index contributed by atoms with van der Waals surface area (Å²) in [5.74, 6) is -0.512. The molecule has 7 heteroatoms. The van der Waals surface area contributed by atoms with Gasteiger partial charge in [-0.2, -0.15) is 0 Å². The Hall–Kier alpha value is -2.25. The van der Waals surface area contributed by atoms with E-state index in [1.807, 2.05) is 30.5 Å². The van der Waals surface area contributed by atoms with Crippen LogP contribution in [0.5, 0.6) is 0 Å². The van der Waals surface area contributed by atoms with Gasteiger partial charge in [0.15, 0.2) is 0 Å². The van der Waals surface area contributed by atoms with Crippen molar-refractivity contribution >= 4 is 27.0 Å². The Bertz CT molecular complexity index is 1060. The number of fused-ring (bicyclic) bond motifs is 1. The lowest BCUT2D eigenvalue weighted by Crippen LogP contribution is -2.30. The Labute approximate surface area is 156 Å². The van der Waals surface area contributed by atoms with Crippen molar-refractivity contribution in [1.29, 1.82) is 0 Å². The highest BCUT2D eigenvalue weighted by molar-refractivity contribution is 7.92. The van der Waals surface area contributed by atoms with Gasteiger partial charge in [0, 0.05) is 17.5 Å². The molecule has 0 amide bonds. The van der Waals surface area contributed by atoms with Crippen LogP contribution in [0.3, 0.4) is 0 Å². The second kappa shape index (κ2) is 6.48. The van der Waals surface area contributed by atoms with E-state index >= 15 is 0 Å². The molecule has 0 bridgehead atoms. The van der Waals surface area contributed by atoms with Gasteiger partial charge in [-0.05, 0) is 48.7 Å². The highest BCUT2D eigenvalue weighted by Crippen LogP contribution is 2.35. The summed E-state index contributed by atoms with van der Waals surface area (Å²) in [6.45, 7) is 2.39. The van der Waals surface area contributed by atoms with E-state index in [0.29, 0.717) is 18.5 Å². The van der Waals surface area contributed by atoms with Crippen LogP contribution >= 0.6 is 11.3 Å². The van der Waals surface area contributed by atoms with E-state index in [0.717, 1.165) is 27.5 Å². The minimum Gasteiger partial charge on any atom is -0.269 e. The lowest BCUT2D eigenvalue weighted by Gasteiger charge is -2.19. The maximum atomic E-state index is 13.0. The van der Waals surface area contributed by atoms with E-state index in [1.165, 1.54) is 28.6 Å². The highest BCUT2D eigenvalue weighted by Gasteiger charge is 2.29. The summed E-state index contributed by atoms with van der Waals surface area (Å²) in [6.07, 6.45) is 0.676. The van der Waals surface area contributed by atoms with Crippen LogP contribution in [0.2, 0.25) is 0 Å². The molecule has 1 aromatic heterocycles. The van der Waals surface area contributed by atoms with Crippen LogP contribution < -0.4 is 4.31 Å². The molecule has 0 unspecified atom stereocenters. The zero-order valence-electron chi connectivity index (χ0n) is 14.1. The van der Waals surface area contributed by atoms with Gasteiger partial charge in [0.05, 0.1) is 22.1 Å². The lowest BCUT2D eigenvalue weighted by atomic mass is 10.1. The number of hydrogen-bond acceptors (Lipinski definition) is 4. The van der Waals surface area contributed by atoms with Gasteiger partial charge in [-0.1, -0.05) is 18.2 Å². The molecule has 2 aromatic carbocycles. The fourth-order valence-corrected chi connectivity index (χ4v) is 5.42. The predicted molar refractivity (Wildman–Crippen MR) is 102 cm³/mol. The van der Waals surface area contributed by atoms with E-state index in [1.54, 1.807) is 11.3 Å². The first-order valence-corrected chi connectivity index (χ1v) is 10.7. The fraction of sp³-hybridized carbons (Fsp3) is 0.211. The Morgan fingerprint density at radius 1 is 1.19 bits per heavy atom. The number of halogens is 1. The molecule has 0 spiro atoms. The van der Waals surface area contributed by atoms with Crippen molar-refractivity contribution in [1.82, 2.24) is 4.98 Å². The minimum absolute atomic E-state index is 0.139. The number of rotatable bonds is 4. The maximum Gasteiger partial charge on any atom is 0.239 e. The standard InChI is InChI=1S/C19H17FN2O2S2/c1-13-21-18(11-25-13)15-4-7-19-16(10-15)8-9-22(19)26(23,24)12-14-2-5-17(20)6-3-14/h2-7,10-11H,8-9,12H2,1H3. The van der Waals surface area contributed by atoms with Crippen LogP contribution in [0.25, 0.3) is 11.3 Å². The summed E-state index contributed by atoms with van der Waals surface area (Å²) in [4.78, 5) is 4.49. The van der Waals surface area contributed by atoms with E-state index in [-0.39, 0.29) is 11.6 Å². The van der Waals surface area contributed by atoms with Crippen molar-refractivity contribution in [3.63, 3.8) is 0 Å². The largest absolute Gasteiger partial charge is 0.269 e. The molecule has 4 rings (SSSR count). The predicted octanol–water partition coefficient (Wildman–Crippen LogP) is 4.15. The Balaban J connectivity index is 1.61. The normalized spacial score (nSPS) is 13.8. The number of nitrogens with zero attached hydrogens (tertiary/aromatic N) is 2. The van der Waals surface area contributed by atoms with Gasteiger partial charge >= 0.3 is 0 Å². The van der Waals surface area contributed by atoms with Crippen molar-refractivity contribution in [2.24, 2.45) is 0 Å². The van der Waals surface area contributed by atoms with Crippen molar-refractivity contribution in [2.45, 2.75) is 19.1 Å². The van der Waals surface area contributed by atoms with E-state index in [2.05, 4.69) is 4.98 Å². The smallest absolute Gasteiger partial charge is 0.239 e. The average molecular weight is 388 g/mol. The monoisotopic (exact) mass is 388 g/mol. The zero-order valence-corrected chi connectivity index (χ0v) is 15.8. The van der Waals surface area contributed by atoms with Gasteiger partial charge in [0.2, 0.25) is 10.0 Å². The zero-order chi connectivity index (χ0) is 18.3. The van der Waals surface area contributed by atoms with Gasteiger partial charge in [-0.3, -0.25) is 4.31 Å². The molecule has 0 fully saturated rings. The number of thiazole rings is 1. The molecule has 0 N–H and O–H groups in total.